The molecule has 230 valence electrons. The first-order valence-corrected chi connectivity index (χ1v) is 16.9. The van der Waals surface area contributed by atoms with Crippen LogP contribution in [0.2, 0.25) is 0 Å². The SMILES string of the molecule is O=S(=O)(NCc1ccccc1-c1ccc([C@H]2O[C@@H](CN3CCCCC3)C[C@@H](c3ccc(CO)cc3)O2)cc1)c1ccccc1. The van der Waals surface area contributed by atoms with Crippen LogP contribution < -0.4 is 4.72 Å². The number of likely N-dealkylation sites (tertiary alicyclic amines) is 1. The molecule has 2 fully saturated rings. The third kappa shape index (κ3) is 7.46. The predicted molar refractivity (Wildman–Crippen MR) is 171 cm³/mol. The van der Waals surface area contributed by atoms with Crippen LogP contribution in [0.4, 0.5) is 0 Å². The molecule has 2 aliphatic heterocycles. The zero-order valence-corrected chi connectivity index (χ0v) is 25.7. The summed E-state index contributed by atoms with van der Waals surface area (Å²) in [6.07, 6.45) is 3.94. The molecule has 4 aromatic rings. The van der Waals surface area contributed by atoms with Crippen LogP contribution in [0.3, 0.4) is 0 Å². The van der Waals surface area contributed by atoms with Gasteiger partial charge in [-0.25, -0.2) is 13.1 Å². The number of hydrogen-bond donors (Lipinski definition) is 2. The summed E-state index contributed by atoms with van der Waals surface area (Å²) >= 11 is 0. The van der Waals surface area contributed by atoms with Gasteiger partial charge in [-0.3, -0.25) is 0 Å². The first-order chi connectivity index (χ1) is 21.5. The second-order valence-electron chi connectivity index (χ2n) is 11.6. The second-order valence-corrected chi connectivity index (χ2v) is 13.4. The van der Waals surface area contributed by atoms with E-state index in [-0.39, 0.29) is 30.3 Å². The molecule has 0 radical (unpaired) electrons. The monoisotopic (exact) mass is 612 g/mol. The van der Waals surface area contributed by atoms with Gasteiger partial charge in [-0.05, 0) is 65.9 Å². The van der Waals surface area contributed by atoms with E-state index >= 15 is 0 Å². The summed E-state index contributed by atoms with van der Waals surface area (Å²) in [5, 5.41) is 9.50. The molecule has 0 amide bonds. The third-order valence-corrected chi connectivity index (χ3v) is 9.96. The average molecular weight is 613 g/mol. The van der Waals surface area contributed by atoms with Crippen LogP contribution in [0.25, 0.3) is 11.1 Å². The average Bonchev–Trinajstić information content (AvgIpc) is 3.08. The molecule has 8 heteroatoms. The predicted octanol–water partition coefficient (Wildman–Crippen LogP) is 6.36. The highest BCUT2D eigenvalue weighted by Gasteiger charge is 2.33. The van der Waals surface area contributed by atoms with Crippen LogP contribution in [0.15, 0.2) is 108 Å². The maximum absolute atomic E-state index is 12.8. The molecule has 0 saturated carbocycles. The number of rotatable bonds is 10. The van der Waals surface area contributed by atoms with E-state index in [4.69, 9.17) is 9.47 Å². The van der Waals surface area contributed by atoms with E-state index in [1.807, 2.05) is 72.8 Å². The molecule has 7 nitrogen and oxygen atoms in total. The van der Waals surface area contributed by atoms with E-state index in [9.17, 15) is 13.5 Å². The molecule has 6 rings (SSSR count). The van der Waals surface area contributed by atoms with Gasteiger partial charge in [0.2, 0.25) is 10.0 Å². The Morgan fingerprint density at radius 2 is 1.45 bits per heavy atom. The minimum absolute atomic E-state index is 0.0174. The summed E-state index contributed by atoms with van der Waals surface area (Å²) in [4.78, 5) is 2.75. The van der Waals surface area contributed by atoms with Gasteiger partial charge >= 0.3 is 0 Å². The Kier molecular flexibility index (Phi) is 9.86. The Labute approximate surface area is 260 Å². The number of piperidine rings is 1. The molecule has 4 aromatic carbocycles. The number of sulfonamides is 1. The largest absolute Gasteiger partial charge is 0.392 e. The molecule has 3 atom stereocenters. The molecule has 0 spiro atoms. The van der Waals surface area contributed by atoms with E-state index in [0.717, 1.165) is 59.4 Å². The fraction of sp³-hybridized carbons (Fsp3) is 0.333. The number of aliphatic hydroxyl groups is 1. The van der Waals surface area contributed by atoms with Crippen LogP contribution in [0.5, 0.6) is 0 Å². The number of aliphatic hydroxyl groups excluding tert-OH is 1. The van der Waals surface area contributed by atoms with Crippen molar-refractivity contribution in [1.82, 2.24) is 9.62 Å². The van der Waals surface area contributed by atoms with Crippen molar-refractivity contribution in [3.63, 3.8) is 0 Å². The maximum Gasteiger partial charge on any atom is 0.240 e. The van der Waals surface area contributed by atoms with E-state index in [1.54, 1.807) is 30.3 Å². The van der Waals surface area contributed by atoms with Gasteiger partial charge in [-0.15, -0.1) is 0 Å². The molecule has 2 aliphatic rings. The van der Waals surface area contributed by atoms with Gasteiger partial charge < -0.3 is 19.5 Å². The topological polar surface area (TPSA) is 88.1 Å². The molecule has 0 unspecified atom stereocenters. The summed E-state index contributed by atoms with van der Waals surface area (Å²) in [5.74, 6) is 0. The van der Waals surface area contributed by atoms with Crippen molar-refractivity contribution in [2.75, 3.05) is 19.6 Å². The molecule has 2 heterocycles. The van der Waals surface area contributed by atoms with Gasteiger partial charge in [-0.1, -0.05) is 97.4 Å². The Balaban J connectivity index is 1.20. The number of benzene rings is 4. The van der Waals surface area contributed by atoms with Crippen LogP contribution in [-0.2, 0) is 32.6 Å². The number of hydrogen-bond acceptors (Lipinski definition) is 6. The Morgan fingerprint density at radius 1 is 0.773 bits per heavy atom. The van der Waals surface area contributed by atoms with Crippen LogP contribution in [-0.4, -0.2) is 44.2 Å². The van der Waals surface area contributed by atoms with Crippen LogP contribution in [0, 0.1) is 0 Å². The van der Waals surface area contributed by atoms with Gasteiger partial charge in [0.1, 0.15) is 0 Å². The Bertz CT molecular complexity index is 1600. The molecule has 2 saturated heterocycles. The summed E-state index contributed by atoms with van der Waals surface area (Å²) in [5.41, 5.74) is 5.74. The highest BCUT2D eigenvalue weighted by molar-refractivity contribution is 7.89. The lowest BCUT2D eigenvalue weighted by molar-refractivity contribution is -0.253. The quantitative estimate of drug-likeness (QED) is 0.217. The summed E-state index contributed by atoms with van der Waals surface area (Å²) in [7, 11) is -3.63. The van der Waals surface area contributed by atoms with Crippen molar-refractivity contribution in [2.45, 2.75) is 62.2 Å². The standard InChI is InChI=1S/C36H40N2O5S/c39-26-27-13-15-29(16-14-27)35-23-32(25-38-21-7-2-8-22-38)42-36(43-35)30-19-17-28(18-20-30)34-12-6-5-9-31(34)24-37-44(40,41)33-10-3-1-4-11-33/h1,3-6,9-20,32,35-37,39H,2,7-8,21-26H2/t32-,35+,36+/m1/s1. The summed E-state index contributed by atoms with van der Waals surface area (Å²) in [6, 6.07) is 32.4. The molecule has 0 aliphatic carbocycles. The zero-order chi connectivity index (χ0) is 30.4. The Hall–Kier alpha value is -3.37. The normalized spacial score (nSPS) is 21.2. The van der Waals surface area contributed by atoms with Crippen molar-refractivity contribution >= 4 is 10.0 Å². The minimum atomic E-state index is -3.63. The highest BCUT2D eigenvalue weighted by Crippen LogP contribution is 2.39. The fourth-order valence-corrected chi connectivity index (χ4v) is 7.12. The van der Waals surface area contributed by atoms with Crippen molar-refractivity contribution in [2.24, 2.45) is 0 Å². The number of nitrogens with zero attached hydrogens (tertiary/aromatic N) is 1. The Morgan fingerprint density at radius 3 is 2.18 bits per heavy atom. The molecule has 2 N–H and O–H groups in total. The maximum atomic E-state index is 12.8. The van der Waals surface area contributed by atoms with E-state index in [2.05, 4.69) is 9.62 Å². The van der Waals surface area contributed by atoms with Gasteiger partial charge in [0.15, 0.2) is 6.29 Å². The molecular formula is C36H40N2O5S. The zero-order valence-electron chi connectivity index (χ0n) is 24.8. The van der Waals surface area contributed by atoms with Gasteiger partial charge in [-0.2, -0.15) is 0 Å². The van der Waals surface area contributed by atoms with E-state index < -0.39 is 16.3 Å². The number of ether oxygens (including phenoxy) is 2. The number of nitrogens with one attached hydrogen (secondary N) is 1. The van der Waals surface area contributed by atoms with E-state index in [0.29, 0.717) is 0 Å². The van der Waals surface area contributed by atoms with Gasteiger partial charge in [0, 0.05) is 25.1 Å². The smallest absolute Gasteiger partial charge is 0.240 e. The second kappa shape index (κ2) is 14.2. The lowest BCUT2D eigenvalue weighted by Gasteiger charge is -2.39. The third-order valence-electron chi connectivity index (χ3n) is 8.54. The fourth-order valence-electron chi connectivity index (χ4n) is 6.09. The molecule has 0 aromatic heterocycles. The van der Waals surface area contributed by atoms with Crippen molar-refractivity contribution in [3.05, 3.63) is 125 Å². The molecule has 0 bridgehead atoms. The lowest BCUT2D eigenvalue weighted by atomic mass is 9.97. The first-order valence-electron chi connectivity index (χ1n) is 15.4. The lowest BCUT2D eigenvalue weighted by Crippen LogP contribution is -2.41. The van der Waals surface area contributed by atoms with Gasteiger partial charge in [0.25, 0.3) is 0 Å². The minimum Gasteiger partial charge on any atom is -0.392 e. The summed E-state index contributed by atoms with van der Waals surface area (Å²) < 4.78 is 41.5. The highest BCUT2D eigenvalue weighted by atomic mass is 32.2. The molecule has 44 heavy (non-hydrogen) atoms. The van der Waals surface area contributed by atoms with Crippen LogP contribution in [0.1, 0.15) is 60.3 Å². The van der Waals surface area contributed by atoms with Crippen molar-refractivity contribution < 1.29 is 23.0 Å². The van der Waals surface area contributed by atoms with E-state index in [1.165, 1.54) is 19.3 Å². The first kappa shape index (κ1) is 30.6. The van der Waals surface area contributed by atoms with Gasteiger partial charge in [0.05, 0.1) is 23.7 Å². The van der Waals surface area contributed by atoms with Crippen LogP contribution >= 0.6 is 0 Å². The van der Waals surface area contributed by atoms with Crippen molar-refractivity contribution in [1.29, 1.82) is 0 Å². The molecular weight excluding hydrogens is 572 g/mol. The van der Waals surface area contributed by atoms with Crippen molar-refractivity contribution in [3.8, 4) is 11.1 Å². The summed E-state index contributed by atoms with van der Waals surface area (Å²) in [6.45, 7) is 3.30.